The van der Waals surface area contributed by atoms with Crippen LogP contribution in [0.3, 0.4) is 0 Å². The number of halogens is 2. The van der Waals surface area contributed by atoms with Crippen LogP contribution in [0.2, 0.25) is 0 Å². The van der Waals surface area contributed by atoms with E-state index < -0.39 is 17.5 Å². The molecule has 18 heavy (non-hydrogen) atoms. The van der Waals surface area contributed by atoms with Crippen LogP contribution in [-0.4, -0.2) is 19.0 Å². The summed E-state index contributed by atoms with van der Waals surface area (Å²) in [5.41, 5.74) is 5.00. The summed E-state index contributed by atoms with van der Waals surface area (Å²) in [5.74, 6) is -2.76. The lowest BCUT2D eigenvalue weighted by Gasteiger charge is -2.24. The predicted molar refractivity (Wildman–Crippen MR) is 66.1 cm³/mol. The van der Waals surface area contributed by atoms with Crippen LogP contribution in [0.1, 0.15) is 30.6 Å². The molecule has 1 aromatic carbocycles. The Hall–Kier alpha value is -1.49. The van der Waals surface area contributed by atoms with Crippen LogP contribution in [0, 0.1) is 17.0 Å². The number of amides is 1. The second-order valence-corrected chi connectivity index (χ2v) is 4.99. The van der Waals surface area contributed by atoms with Crippen molar-refractivity contribution < 1.29 is 13.6 Å². The molecule has 3 N–H and O–H groups in total. The molecule has 0 atom stereocenters. The smallest absolute Gasteiger partial charge is 0.254 e. The van der Waals surface area contributed by atoms with Crippen molar-refractivity contribution in [1.82, 2.24) is 5.32 Å². The van der Waals surface area contributed by atoms with Crippen molar-refractivity contribution in [3.8, 4) is 0 Å². The van der Waals surface area contributed by atoms with Gasteiger partial charge in [0.05, 0.1) is 5.56 Å². The molecular formula is C13H18F2N2O. The molecule has 0 bridgehead atoms. The number of rotatable bonds is 5. The van der Waals surface area contributed by atoms with Crippen molar-refractivity contribution in [2.45, 2.75) is 20.3 Å². The van der Waals surface area contributed by atoms with E-state index in [2.05, 4.69) is 5.32 Å². The summed E-state index contributed by atoms with van der Waals surface area (Å²) in [5, 5.41) is 2.59. The molecule has 0 saturated carbocycles. The van der Waals surface area contributed by atoms with Gasteiger partial charge in [0.15, 0.2) is 11.6 Å². The van der Waals surface area contributed by atoms with Crippen molar-refractivity contribution in [3.63, 3.8) is 0 Å². The molecule has 1 aromatic rings. The van der Waals surface area contributed by atoms with E-state index in [4.69, 9.17) is 5.73 Å². The molecule has 0 aromatic heterocycles. The van der Waals surface area contributed by atoms with Crippen molar-refractivity contribution in [1.29, 1.82) is 0 Å². The van der Waals surface area contributed by atoms with Crippen molar-refractivity contribution in [2.24, 2.45) is 11.1 Å². The quantitative estimate of drug-likeness (QED) is 0.847. The maximum atomic E-state index is 13.4. The lowest BCUT2D eigenvalue weighted by Crippen LogP contribution is -2.35. The van der Waals surface area contributed by atoms with Gasteiger partial charge >= 0.3 is 0 Å². The Bertz CT molecular complexity index is 433. The molecular weight excluding hydrogens is 238 g/mol. The number of benzene rings is 1. The van der Waals surface area contributed by atoms with Gasteiger partial charge in [0, 0.05) is 6.54 Å². The SMILES string of the molecule is CC(C)(CCN)CNC(=O)c1cccc(F)c1F. The third kappa shape index (κ3) is 3.77. The van der Waals surface area contributed by atoms with Crippen LogP contribution < -0.4 is 11.1 Å². The van der Waals surface area contributed by atoms with E-state index in [1.807, 2.05) is 13.8 Å². The maximum absolute atomic E-state index is 13.4. The fourth-order valence-electron chi connectivity index (χ4n) is 1.57. The molecule has 0 aliphatic rings. The topological polar surface area (TPSA) is 55.1 Å². The highest BCUT2D eigenvalue weighted by Crippen LogP contribution is 2.18. The van der Waals surface area contributed by atoms with Crippen LogP contribution in [0.15, 0.2) is 18.2 Å². The van der Waals surface area contributed by atoms with E-state index in [0.29, 0.717) is 13.1 Å². The number of nitrogens with two attached hydrogens (primary N) is 1. The number of carbonyl (C=O) groups is 1. The largest absolute Gasteiger partial charge is 0.351 e. The molecule has 0 aliphatic carbocycles. The molecule has 0 radical (unpaired) electrons. The molecule has 0 fully saturated rings. The molecule has 0 unspecified atom stereocenters. The minimum Gasteiger partial charge on any atom is -0.351 e. The van der Waals surface area contributed by atoms with E-state index in [0.717, 1.165) is 12.5 Å². The Morgan fingerprint density at radius 3 is 2.67 bits per heavy atom. The van der Waals surface area contributed by atoms with E-state index in [1.165, 1.54) is 12.1 Å². The van der Waals surface area contributed by atoms with Crippen molar-refractivity contribution in [2.75, 3.05) is 13.1 Å². The van der Waals surface area contributed by atoms with Crippen LogP contribution in [0.25, 0.3) is 0 Å². The Kier molecular flexibility index (Phi) is 4.78. The molecule has 100 valence electrons. The minimum absolute atomic E-state index is 0.172. The fourth-order valence-corrected chi connectivity index (χ4v) is 1.57. The Morgan fingerprint density at radius 1 is 1.39 bits per heavy atom. The summed E-state index contributed by atoms with van der Waals surface area (Å²) < 4.78 is 26.3. The zero-order valence-electron chi connectivity index (χ0n) is 10.6. The van der Waals surface area contributed by atoms with E-state index in [-0.39, 0.29) is 11.0 Å². The summed E-state index contributed by atoms with van der Waals surface area (Å²) >= 11 is 0. The van der Waals surface area contributed by atoms with Gasteiger partial charge in [0.25, 0.3) is 5.91 Å². The number of hydrogen-bond acceptors (Lipinski definition) is 2. The normalized spacial score (nSPS) is 11.4. The number of nitrogens with one attached hydrogen (secondary N) is 1. The molecule has 1 amide bonds. The van der Waals surface area contributed by atoms with Gasteiger partial charge in [0.1, 0.15) is 0 Å². The maximum Gasteiger partial charge on any atom is 0.254 e. The summed E-state index contributed by atoms with van der Waals surface area (Å²) in [6.45, 7) is 4.76. The minimum atomic E-state index is -1.12. The van der Waals surface area contributed by atoms with Gasteiger partial charge in [-0.05, 0) is 30.5 Å². The van der Waals surface area contributed by atoms with Gasteiger partial charge in [-0.15, -0.1) is 0 Å². The zero-order chi connectivity index (χ0) is 13.8. The molecule has 0 aliphatic heterocycles. The Balaban J connectivity index is 2.69. The van der Waals surface area contributed by atoms with E-state index >= 15 is 0 Å². The molecule has 3 nitrogen and oxygen atoms in total. The number of hydrogen-bond donors (Lipinski definition) is 2. The van der Waals surface area contributed by atoms with Crippen LogP contribution in [-0.2, 0) is 0 Å². The van der Waals surface area contributed by atoms with Gasteiger partial charge in [0.2, 0.25) is 0 Å². The highest BCUT2D eigenvalue weighted by molar-refractivity contribution is 5.94. The standard InChI is InChI=1S/C13H18F2N2O/c1-13(2,6-7-16)8-17-12(18)9-4-3-5-10(14)11(9)15/h3-5H,6-8,16H2,1-2H3,(H,17,18). The first-order valence-corrected chi connectivity index (χ1v) is 5.80. The molecule has 5 heteroatoms. The molecule has 0 spiro atoms. The van der Waals surface area contributed by atoms with Gasteiger partial charge in [-0.1, -0.05) is 19.9 Å². The molecule has 0 heterocycles. The Labute approximate surface area is 105 Å². The van der Waals surface area contributed by atoms with Gasteiger partial charge in [-0.25, -0.2) is 8.78 Å². The highest BCUT2D eigenvalue weighted by atomic mass is 19.2. The van der Waals surface area contributed by atoms with Crippen molar-refractivity contribution in [3.05, 3.63) is 35.4 Å². The average molecular weight is 256 g/mol. The lowest BCUT2D eigenvalue weighted by atomic mass is 9.89. The van der Waals surface area contributed by atoms with Crippen LogP contribution >= 0.6 is 0 Å². The second kappa shape index (κ2) is 5.91. The third-order valence-corrected chi connectivity index (χ3v) is 2.74. The van der Waals surface area contributed by atoms with Crippen molar-refractivity contribution >= 4 is 5.91 Å². The first-order chi connectivity index (χ1) is 8.37. The Morgan fingerprint density at radius 2 is 2.06 bits per heavy atom. The van der Waals surface area contributed by atoms with E-state index in [1.54, 1.807) is 0 Å². The molecule has 0 saturated heterocycles. The fraction of sp³-hybridized carbons (Fsp3) is 0.462. The van der Waals surface area contributed by atoms with Crippen LogP contribution in [0.5, 0.6) is 0 Å². The van der Waals surface area contributed by atoms with E-state index in [9.17, 15) is 13.6 Å². The summed E-state index contributed by atoms with van der Waals surface area (Å²) in [6, 6.07) is 3.53. The second-order valence-electron chi connectivity index (χ2n) is 4.99. The predicted octanol–water partition coefficient (Wildman–Crippen LogP) is 2.07. The lowest BCUT2D eigenvalue weighted by molar-refractivity contribution is 0.0930. The first kappa shape index (κ1) is 14.6. The monoisotopic (exact) mass is 256 g/mol. The van der Waals surface area contributed by atoms with Gasteiger partial charge < -0.3 is 11.1 Å². The average Bonchev–Trinajstić information content (AvgIpc) is 2.30. The summed E-state index contributed by atoms with van der Waals surface area (Å²) in [7, 11) is 0. The van der Waals surface area contributed by atoms with Crippen LogP contribution in [0.4, 0.5) is 8.78 Å². The summed E-state index contributed by atoms with van der Waals surface area (Å²) in [6.07, 6.45) is 0.735. The summed E-state index contributed by atoms with van der Waals surface area (Å²) in [4.78, 5) is 11.7. The highest BCUT2D eigenvalue weighted by Gasteiger charge is 2.20. The van der Waals surface area contributed by atoms with Gasteiger partial charge in [-0.2, -0.15) is 0 Å². The zero-order valence-corrected chi connectivity index (χ0v) is 10.6. The number of carbonyl (C=O) groups excluding carboxylic acids is 1. The third-order valence-electron chi connectivity index (χ3n) is 2.74. The van der Waals surface area contributed by atoms with Gasteiger partial charge in [-0.3, -0.25) is 4.79 Å². The molecule has 1 rings (SSSR count). The first-order valence-electron chi connectivity index (χ1n) is 5.80.